The molecule has 0 bridgehead atoms. The highest BCUT2D eigenvalue weighted by Crippen LogP contribution is 2.18. The van der Waals surface area contributed by atoms with Crippen LogP contribution in [0.1, 0.15) is 5.56 Å². The smallest absolute Gasteiger partial charge is 0.328 e. The van der Waals surface area contributed by atoms with Crippen LogP contribution in [0.2, 0.25) is 5.15 Å². The van der Waals surface area contributed by atoms with Gasteiger partial charge < -0.3 is 5.11 Å². The number of hydrogen-bond acceptors (Lipinski definition) is 2. The lowest BCUT2D eigenvalue weighted by Gasteiger charge is -1.96. The van der Waals surface area contributed by atoms with Crippen LogP contribution < -0.4 is 0 Å². The molecule has 0 spiro atoms. The van der Waals surface area contributed by atoms with Gasteiger partial charge in [-0.3, -0.25) is 0 Å². The van der Waals surface area contributed by atoms with E-state index in [0.717, 1.165) is 10.5 Å². The molecule has 0 aromatic carbocycles. The molecule has 0 aliphatic rings. The van der Waals surface area contributed by atoms with Crippen molar-refractivity contribution in [2.45, 2.75) is 0 Å². The molecule has 1 aromatic heterocycles. The summed E-state index contributed by atoms with van der Waals surface area (Å²) >= 11 is 8.90. The predicted octanol–water partition coefficient (Wildman–Crippen LogP) is 2.60. The molecular weight excluding hydrogens is 257 g/mol. The van der Waals surface area contributed by atoms with Crippen LogP contribution in [0.25, 0.3) is 6.08 Å². The Morgan fingerprint density at radius 1 is 1.69 bits per heavy atom. The van der Waals surface area contributed by atoms with E-state index in [1.165, 1.54) is 6.08 Å². The quantitative estimate of drug-likeness (QED) is 0.658. The van der Waals surface area contributed by atoms with Gasteiger partial charge in [0.2, 0.25) is 0 Å². The van der Waals surface area contributed by atoms with E-state index in [1.54, 1.807) is 12.3 Å². The van der Waals surface area contributed by atoms with Gasteiger partial charge in [0.05, 0.1) is 0 Å². The van der Waals surface area contributed by atoms with Crippen LogP contribution >= 0.6 is 27.5 Å². The van der Waals surface area contributed by atoms with Crippen molar-refractivity contribution >= 4 is 39.6 Å². The summed E-state index contributed by atoms with van der Waals surface area (Å²) in [5.74, 6) is -1.02. The third-order valence-corrected chi connectivity index (χ3v) is 1.99. The van der Waals surface area contributed by atoms with Crippen molar-refractivity contribution in [3.05, 3.63) is 33.5 Å². The second-order valence-corrected chi connectivity index (χ2v) is 3.48. The van der Waals surface area contributed by atoms with E-state index in [4.69, 9.17) is 16.7 Å². The molecule has 1 N–H and O–H groups in total. The summed E-state index contributed by atoms with van der Waals surface area (Å²) < 4.78 is 0.752. The summed E-state index contributed by atoms with van der Waals surface area (Å²) in [5, 5.41) is 8.65. The lowest BCUT2D eigenvalue weighted by Crippen LogP contribution is -1.87. The average molecular weight is 262 g/mol. The molecule has 0 fully saturated rings. The molecule has 0 aliphatic carbocycles. The maximum absolute atomic E-state index is 10.2. The molecule has 0 atom stereocenters. The molecule has 1 aromatic rings. The second-order valence-electron chi connectivity index (χ2n) is 2.21. The monoisotopic (exact) mass is 261 g/mol. The molecule has 5 heteroatoms. The first-order valence-electron chi connectivity index (χ1n) is 3.31. The molecule has 0 saturated heterocycles. The molecule has 1 heterocycles. The van der Waals surface area contributed by atoms with Crippen LogP contribution in [0.4, 0.5) is 0 Å². The molecule has 3 nitrogen and oxygen atoms in total. The Kier molecular flexibility index (Phi) is 3.45. The Hall–Kier alpha value is -0.870. The van der Waals surface area contributed by atoms with Crippen molar-refractivity contribution < 1.29 is 9.90 Å². The third-order valence-electron chi connectivity index (χ3n) is 1.24. The van der Waals surface area contributed by atoms with Gasteiger partial charge >= 0.3 is 5.97 Å². The van der Waals surface area contributed by atoms with Crippen molar-refractivity contribution in [2.24, 2.45) is 0 Å². The SMILES string of the molecule is O=C(O)C=Cc1cc(Br)cnc1Cl. The van der Waals surface area contributed by atoms with Crippen molar-refractivity contribution in [1.82, 2.24) is 4.98 Å². The fraction of sp³-hybridized carbons (Fsp3) is 0. The van der Waals surface area contributed by atoms with Gasteiger partial charge in [0.1, 0.15) is 5.15 Å². The fourth-order valence-electron chi connectivity index (χ4n) is 0.716. The standard InChI is InChI=1S/C8H5BrClNO2/c9-6-3-5(1-2-7(12)13)8(10)11-4-6/h1-4H,(H,12,13). The first-order chi connectivity index (χ1) is 6.09. The van der Waals surface area contributed by atoms with Crippen LogP contribution in [0.15, 0.2) is 22.8 Å². The number of carboxylic acids is 1. The number of aromatic nitrogens is 1. The van der Waals surface area contributed by atoms with E-state index in [0.29, 0.717) is 5.56 Å². The van der Waals surface area contributed by atoms with E-state index < -0.39 is 5.97 Å². The zero-order valence-corrected chi connectivity index (χ0v) is 8.71. The average Bonchev–Trinajstić information content (AvgIpc) is 2.06. The van der Waals surface area contributed by atoms with Crippen molar-refractivity contribution in [1.29, 1.82) is 0 Å². The molecule has 0 aliphatic heterocycles. The van der Waals surface area contributed by atoms with Crippen molar-refractivity contribution in [3.8, 4) is 0 Å². The Morgan fingerprint density at radius 3 is 3.00 bits per heavy atom. The number of carbonyl (C=O) groups is 1. The highest BCUT2D eigenvalue weighted by Gasteiger charge is 1.99. The maximum atomic E-state index is 10.2. The first kappa shape index (κ1) is 10.2. The number of aliphatic carboxylic acids is 1. The van der Waals surface area contributed by atoms with Gasteiger partial charge in [-0.2, -0.15) is 0 Å². The molecule has 0 amide bonds. The van der Waals surface area contributed by atoms with Crippen LogP contribution in [0, 0.1) is 0 Å². The van der Waals surface area contributed by atoms with Gasteiger partial charge in [-0.1, -0.05) is 11.6 Å². The van der Waals surface area contributed by atoms with Crippen LogP contribution in [-0.4, -0.2) is 16.1 Å². The highest BCUT2D eigenvalue weighted by molar-refractivity contribution is 9.10. The van der Waals surface area contributed by atoms with Crippen LogP contribution in [0.5, 0.6) is 0 Å². The summed E-state index contributed by atoms with van der Waals surface area (Å²) in [6.45, 7) is 0. The Morgan fingerprint density at radius 2 is 2.38 bits per heavy atom. The zero-order chi connectivity index (χ0) is 9.84. The van der Waals surface area contributed by atoms with E-state index in [9.17, 15) is 4.79 Å². The van der Waals surface area contributed by atoms with E-state index in [1.807, 2.05) is 0 Å². The fourth-order valence-corrected chi connectivity index (χ4v) is 1.23. The Labute approximate surface area is 88.2 Å². The Balaban J connectivity index is 3.00. The molecule has 0 saturated carbocycles. The summed E-state index contributed by atoms with van der Waals surface area (Å²) in [6.07, 6.45) is 3.94. The molecule has 0 unspecified atom stereocenters. The number of pyridine rings is 1. The molecule has 1 rings (SSSR count). The van der Waals surface area contributed by atoms with Gasteiger partial charge in [0.15, 0.2) is 0 Å². The lowest BCUT2D eigenvalue weighted by molar-refractivity contribution is -0.131. The van der Waals surface area contributed by atoms with Gasteiger partial charge in [0, 0.05) is 22.3 Å². The minimum Gasteiger partial charge on any atom is -0.478 e. The molecule has 13 heavy (non-hydrogen) atoms. The van der Waals surface area contributed by atoms with Crippen LogP contribution in [-0.2, 0) is 4.79 Å². The number of hydrogen-bond donors (Lipinski definition) is 1. The predicted molar refractivity (Wildman–Crippen MR) is 53.6 cm³/mol. The van der Waals surface area contributed by atoms with Crippen molar-refractivity contribution in [3.63, 3.8) is 0 Å². The third kappa shape index (κ3) is 3.16. The van der Waals surface area contributed by atoms with Gasteiger partial charge in [-0.05, 0) is 28.1 Å². The van der Waals surface area contributed by atoms with Gasteiger partial charge in [0.25, 0.3) is 0 Å². The summed E-state index contributed by atoms with van der Waals surface area (Å²) in [5.41, 5.74) is 0.568. The van der Waals surface area contributed by atoms with E-state index >= 15 is 0 Å². The minimum absolute atomic E-state index is 0.278. The summed E-state index contributed by atoms with van der Waals surface area (Å²) in [6, 6.07) is 1.69. The topological polar surface area (TPSA) is 50.2 Å². The number of halogens is 2. The van der Waals surface area contributed by atoms with Gasteiger partial charge in [-0.25, -0.2) is 9.78 Å². The lowest BCUT2D eigenvalue weighted by atomic mass is 10.2. The zero-order valence-electron chi connectivity index (χ0n) is 6.37. The number of rotatable bonds is 2. The Bertz CT molecular complexity index is 365. The summed E-state index contributed by atoms with van der Waals surface area (Å²) in [4.78, 5) is 14.0. The van der Waals surface area contributed by atoms with E-state index in [2.05, 4.69) is 20.9 Å². The van der Waals surface area contributed by atoms with Crippen LogP contribution in [0.3, 0.4) is 0 Å². The number of carboxylic acid groups (broad SMARTS) is 1. The van der Waals surface area contributed by atoms with E-state index in [-0.39, 0.29) is 5.15 Å². The normalized spacial score (nSPS) is 10.6. The first-order valence-corrected chi connectivity index (χ1v) is 4.49. The molecule has 0 radical (unpaired) electrons. The molecule has 68 valence electrons. The second kappa shape index (κ2) is 4.39. The minimum atomic E-state index is -1.02. The summed E-state index contributed by atoms with van der Waals surface area (Å²) in [7, 11) is 0. The number of nitrogens with zero attached hydrogens (tertiary/aromatic N) is 1. The molecular formula is C8H5BrClNO2. The largest absolute Gasteiger partial charge is 0.478 e. The van der Waals surface area contributed by atoms with Gasteiger partial charge in [-0.15, -0.1) is 0 Å². The highest BCUT2D eigenvalue weighted by atomic mass is 79.9. The van der Waals surface area contributed by atoms with Crippen molar-refractivity contribution in [2.75, 3.05) is 0 Å². The maximum Gasteiger partial charge on any atom is 0.328 e.